The number of hydrogen-bond donors (Lipinski definition) is 1. The van der Waals surface area contributed by atoms with Gasteiger partial charge in [0.1, 0.15) is 0 Å². The maximum atomic E-state index is 8.68. The zero-order chi connectivity index (χ0) is 5.82. The van der Waals surface area contributed by atoms with Crippen LogP contribution in [0.5, 0.6) is 0 Å². The van der Waals surface area contributed by atoms with Gasteiger partial charge >= 0.3 is 0 Å². The molecule has 0 aliphatic carbocycles. The molecule has 0 saturated carbocycles. The monoisotopic (exact) mass is 132 g/mol. The van der Waals surface area contributed by atoms with Gasteiger partial charge in [0.2, 0.25) is 0 Å². The minimum atomic E-state index is 0.396. The molecule has 2 heteroatoms. The Morgan fingerprint density at radius 1 is 1.62 bits per heavy atom. The Hall–Kier alpha value is 0.310. The highest BCUT2D eigenvalue weighted by Gasteiger charge is 2.11. The van der Waals surface area contributed by atoms with E-state index in [4.69, 9.17) is 5.11 Å². The van der Waals surface area contributed by atoms with Crippen molar-refractivity contribution < 1.29 is 5.11 Å². The van der Waals surface area contributed by atoms with Crippen LogP contribution in [-0.4, -0.2) is 23.2 Å². The van der Waals surface area contributed by atoms with Crippen molar-refractivity contribution in [3.05, 3.63) is 0 Å². The first kappa shape index (κ1) is 6.43. The summed E-state index contributed by atoms with van der Waals surface area (Å²) >= 11 is 1.97. The van der Waals surface area contributed by atoms with Crippen molar-refractivity contribution in [1.82, 2.24) is 0 Å². The van der Waals surface area contributed by atoms with Crippen LogP contribution in [-0.2, 0) is 0 Å². The molecule has 1 aliphatic heterocycles. The lowest BCUT2D eigenvalue weighted by Gasteiger charge is -2.17. The van der Waals surface area contributed by atoms with E-state index in [1.165, 1.54) is 24.3 Å². The molecule has 0 unspecified atom stereocenters. The second kappa shape index (κ2) is 3.36. The SMILES string of the molecule is OC[C@@H]1CCCSC1. The summed E-state index contributed by atoms with van der Waals surface area (Å²) in [4.78, 5) is 0. The van der Waals surface area contributed by atoms with Gasteiger partial charge in [-0.1, -0.05) is 0 Å². The van der Waals surface area contributed by atoms with Gasteiger partial charge in [0, 0.05) is 6.61 Å². The molecule has 8 heavy (non-hydrogen) atoms. The zero-order valence-electron chi connectivity index (χ0n) is 4.97. The summed E-state index contributed by atoms with van der Waals surface area (Å²) in [5.41, 5.74) is 0. The van der Waals surface area contributed by atoms with Crippen molar-refractivity contribution >= 4 is 11.8 Å². The summed E-state index contributed by atoms with van der Waals surface area (Å²) in [7, 11) is 0. The molecular weight excluding hydrogens is 120 g/mol. The summed E-state index contributed by atoms with van der Waals surface area (Å²) in [5.74, 6) is 3.08. The largest absolute Gasteiger partial charge is 0.396 e. The molecule has 0 spiro atoms. The lowest BCUT2D eigenvalue weighted by atomic mass is 10.1. The van der Waals surface area contributed by atoms with Crippen LogP contribution in [0.25, 0.3) is 0 Å². The fourth-order valence-electron chi connectivity index (χ4n) is 0.951. The number of rotatable bonds is 1. The Balaban J connectivity index is 2.13. The highest BCUT2D eigenvalue weighted by Crippen LogP contribution is 2.21. The second-order valence-electron chi connectivity index (χ2n) is 2.27. The number of aliphatic hydroxyl groups is 1. The quantitative estimate of drug-likeness (QED) is 0.577. The highest BCUT2D eigenvalue weighted by atomic mass is 32.2. The highest BCUT2D eigenvalue weighted by molar-refractivity contribution is 7.99. The predicted octanol–water partition coefficient (Wildman–Crippen LogP) is 1.12. The number of aliphatic hydroxyl groups excluding tert-OH is 1. The molecule has 0 aromatic heterocycles. The van der Waals surface area contributed by atoms with Gasteiger partial charge in [0.15, 0.2) is 0 Å². The van der Waals surface area contributed by atoms with E-state index in [1.807, 2.05) is 11.8 Å². The first-order chi connectivity index (χ1) is 3.93. The number of hydrogen-bond acceptors (Lipinski definition) is 2. The van der Waals surface area contributed by atoms with E-state index in [0.29, 0.717) is 12.5 Å². The maximum absolute atomic E-state index is 8.68. The van der Waals surface area contributed by atoms with E-state index < -0.39 is 0 Å². The zero-order valence-corrected chi connectivity index (χ0v) is 5.78. The van der Waals surface area contributed by atoms with Gasteiger partial charge in [-0.15, -0.1) is 0 Å². The van der Waals surface area contributed by atoms with Gasteiger partial charge in [-0.3, -0.25) is 0 Å². The van der Waals surface area contributed by atoms with Gasteiger partial charge in [-0.05, 0) is 30.3 Å². The van der Waals surface area contributed by atoms with E-state index in [0.717, 1.165) is 0 Å². The average molecular weight is 132 g/mol. The lowest BCUT2D eigenvalue weighted by molar-refractivity contribution is 0.230. The molecule has 0 aromatic carbocycles. The predicted molar refractivity (Wildman–Crippen MR) is 37.1 cm³/mol. The molecule has 1 rings (SSSR count). The first-order valence-corrected chi connectivity index (χ1v) is 4.27. The Kier molecular flexibility index (Phi) is 2.70. The van der Waals surface area contributed by atoms with Crippen LogP contribution in [0.4, 0.5) is 0 Å². The van der Waals surface area contributed by atoms with E-state index in [1.54, 1.807) is 0 Å². The molecule has 48 valence electrons. The molecule has 1 saturated heterocycles. The van der Waals surface area contributed by atoms with Gasteiger partial charge in [0.05, 0.1) is 0 Å². The third-order valence-corrected chi connectivity index (χ3v) is 2.80. The Labute approximate surface area is 54.5 Å². The standard InChI is InChI=1S/C6H12OS/c7-4-6-2-1-3-8-5-6/h6-7H,1-5H2/t6-/m0/s1. The van der Waals surface area contributed by atoms with Crippen LogP contribution >= 0.6 is 11.8 Å². The minimum absolute atomic E-state index is 0.396. The Bertz CT molecular complexity index is 59.5. The fourth-order valence-corrected chi connectivity index (χ4v) is 2.09. The summed E-state index contributed by atoms with van der Waals surface area (Å²) < 4.78 is 0. The van der Waals surface area contributed by atoms with Crippen LogP contribution in [0.3, 0.4) is 0 Å². The van der Waals surface area contributed by atoms with E-state index in [-0.39, 0.29) is 0 Å². The normalized spacial score (nSPS) is 30.4. The second-order valence-corrected chi connectivity index (χ2v) is 3.42. The van der Waals surface area contributed by atoms with Gasteiger partial charge < -0.3 is 5.11 Å². The maximum Gasteiger partial charge on any atom is 0.0467 e. The van der Waals surface area contributed by atoms with Gasteiger partial charge in [0.25, 0.3) is 0 Å². The first-order valence-electron chi connectivity index (χ1n) is 3.12. The fraction of sp³-hybridized carbons (Fsp3) is 1.00. The molecular formula is C6H12OS. The molecule has 0 bridgehead atoms. The average Bonchev–Trinajstić information content (AvgIpc) is 1.90. The van der Waals surface area contributed by atoms with Gasteiger partial charge in [-0.2, -0.15) is 11.8 Å². The van der Waals surface area contributed by atoms with Crippen LogP contribution in [0.1, 0.15) is 12.8 Å². The van der Waals surface area contributed by atoms with Crippen molar-refractivity contribution in [2.45, 2.75) is 12.8 Å². The van der Waals surface area contributed by atoms with Crippen LogP contribution in [0, 0.1) is 5.92 Å². The Morgan fingerprint density at radius 2 is 2.50 bits per heavy atom. The summed E-state index contributed by atoms with van der Waals surface area (Å²) in [6.07, 6.45) is 2.54. The molecule has 1 atom stereocenters. The Morgan fingerprint density at radius 3 is 2.88 bits per heavy atom. The molecule has 1 heterocycles. The summed E-state index contributed by atoms with van der Waals surface area (Å²) in [5, 5.41) is 8.68. The van der Waals surface area contributed by atoms with Crippen molar-refractivity contribution in [3.63, 3.8) is 0 Å². The lowest BCUT2D eigenvalue weighted by Crippen LogP contribution is -2.13. The molecule has 1 aliphatic rings. The van der Waals surface area contributed by atoms with Crippen molar-refractivity contribution in [2.75, 3.05) is 18.1 Å². The topological polar surface area (TPSA) is 20.2 Å². The summed E-state index contributed by atoms with van der Waals surface area (Å²) in [6.45, 7) is 0.396. The third kappa shape index (κ3) is 1.67. The molecule has 0 radical (unpaired) electrons. The van der Waals surface area contributed by atoms with Crippen LogP contribution in [0.15, 0.2) is 0 Å². The molecule has 1 N–H and O–H groups in total. The van der Waals surface area contributed by atoms with E-state index >= 15 is 0 Å². The number of thioether (sulfide) groups is 1. The molecule has 1 nitrogen and oxygen atoms in total. The van der Waals surface area contributed by atoms with E-state index in [2.05, 4.69) is 0 Å². The molecule has 1 fully saturated rings. The van der Waals surface area contributed by atoms with E-state index in [9.17, 15) is 0 Å². The van der Waals surface area contributed by atoms with Crippen molar-refractivity contribution in [2.24, 2.45) is 5.92 Å². The minimum Gasteiger partial charge on any atom is -0.396 e. The molecule has 0 amide bonds. The van der Waals surface area contributed by atoms with Crippen molar-refractivity contribution in [1.29, 1.82) is 0 Å². The smallest absolute Gasteiger partial charge is 0.0467 e. The molecule has 0 aromatic rings. The van der Waals surface area contributed by atoms with Crippen molar-refractivity contribution in [3.8, 4) is 0 Å². The third-order valence-electron chi connectivity index (χ3n) is 1.51. The van der Waals surface area contributed by atoms with Crippen LogP contribution in [0.2, 0.25) is 0 Å². The van der Waals surface area contributed by atoms with Gasteiger partial charge in [-0.25, -0.2) is 0 Å². The van der Waals surface area contributed by atoms with Crippen LogP contribution < -0.4 is 0 Å². The summed E-state index contributed by atoms with van der Waals surface area (Å²) in [6, 6.07) is 0.